The maximum Gasteiger partial charge on any atom is 0.231 e. The van der Waals surface area contributed by atoms with E-state index in [0.29, 0.717) is 30.7 Å². The molecule has 2 aromatic rings. The Bertz CT molecular complexity index is 510. The molecule has 1 N–H and O–H groups in total. The molecule has 1 aromatic carbocycles. The summed E-state index contributed by atoms with van der Waals surface area (Å²) in [6.07, 6.45) is 0.451. The first-order valence-corrected chi connectivity index (χ1v) is 5.93. The fraction of sp³-hybridized carbons (Fsp3) is 0.385. The van der Waals surface area contributed by atoms with E-state index in [0.717, 1.165) is 5.56 Å². The predicted octanol–water partition coefficient (Wildman–Crippen LogP) is 2.30. The van der Waals surface area contributed by atoms with Crippen molar-refractivity contribution in [3.63, 3.8) is 0 Å². The summed E-state index contributed by atoms with van der Waals surface area (Å²) in [7, 11) is 0. The number of benzene rings is 1. The molecule has 0 bridgehead atoms. The van der Waals surface area contributed by atoms with Crippen LogP contribution in [0.15, 0.2) is 28.8 Å². The Balaban J connectivity index is 1.98. The minimum Gasteiger partial charge on any atom is -0.339 e. The average molecular weight is 249 g/mol. The largest absolute Gasteiger partial charge is 0.339 e. The minimum absolute atomic E-state index is 0.256. The number of hydrogen-bond donors (Lipinski definition) is 1. The van der Waals surface area contributed by atoms with Crippen LogP contribution in [0.25, 0.3) is 0 Å². The van der Waals surface area contributed by atoms with E-state index in [2.05, 4.69) is 15.5 Å². The lowest BCUT2D eigenvalue weighted by molar-refractivity contribution is 0.376. The van der Waals surface area contributed by atoms with Gasteiger partial charge in [-0.1, -0.05) is 31.1 Å². The van der Waals surface area contributed by atoms with Crippen LogP contribution in [0.2, 0.25) is 0 Å². The van der Waals surface area contributed by atoms with Crippen LogP contribution in [0.5, 0.6) is 0 Å². The molecule has 0 amide bonds. The molecular formula is C13H16FN3O. The van der Waals surface area contributed by atoms with Crippen molar-refractivity contribution in [2.45, 2.75) is 32.9 Å². The molecule has 0 saturated carbocycles. The van der Waals surface area contributed by atoms with Gasteiger partial charge in [0.25, 0.3) is 0 Å². The van der Waals surface area contributed by atoms with Crippen molar-refractivity contribution < 1.29 is 8.91 Å². The molecule has 96 valence electrons. The fourth-order valence-corrected chi connectivity index (χ4v) is 1.55. The molecule has 0 aliphatic carbocycles. The summed E-state index contributed by atoms with van der Waals surface area (Å²) in [4.78, 5) is 4.24. The molecule has 1 aromatic heterocycles. The lowest BCUT2D eigenvalue weighted by Crippen LogP contribution is -2.22. The monoisotopic (exact) mass is 249 g/mol. The van der Waals surface area contributed by atoms with Crippen molar-refractivity contribution in [2.75, 3.05) is 0 Å². The SMILES string of the molecule is CC(C)NCc1noc(Cc2cccc(F)c2)n1. The van der Waals surface area contributed by atoms with Gasteiger partial charge >= 0.3 is 0 Å². The molecule has 0 aliphatic rings. The number of nitrogens with zero attached hydrogens (tertiary/aromatic N) is 2. The van der Waals surface area contributed by atoms with Gasteiger partial charge in [-0.2, -0.15) is 4.98 Å². The first kappa shape index (κ1) is 12.7. The van der Waals surface area contributed by atoms with Crippen LogP contribution in [-0.2, 0) is 13.0 Å². The van der Waals surface area contributed by atoms with E-state index in [1.54, 1.807) is 6.07 Å². The summed E-state index contributed by atoms with van der Waals surface area (Å²) in [6.45, 7) is 4.67. The van der Waals surface area contributed by atoms with Gasteiger partial charge in [-0.3, -0.25) is 0 Å². The van der Waals surface area contributed by atoms with Crippen LogP contribution in [0.3, 0.4) is 0 Å². The van der Waals surface area contributed by atoms with Crippen molar-refractivity contribution in [2.24, 2.45) is 0 Å². The average Bonchev–Trinajstić information content (AvgIpc) is 2.74. The van der Waals surface area contributed by atoms with Crippen LogP contribution >= 0.6 is 0 Å². The first-order chi connectivity index (χ1) is 8.63. The van der Waals surface area contributed by atoms with Gasteiger partial charge in [0.1, 0.15) is 5.82 Å². The molecule has 5 heteroatoms. The molecule has 0 saturated heterocycles. The molecule has 0 atom stereocenters. The first-order valence-electron chi connectivity index (χ1n) is 5.93. The number of aromatic nitrogens is 2. The zero-order valence-electron chi connectivity index (χ0n) is 10.5. The van der Waals surface area contributed by atoms with Gasteiger partial charge in [-0.15, -0.1) is 0 Å². The Morgan fingerprint density at radius 1 is 1.39 bits per heavy atom. The van der Waals surface area contributed by atoms with Gasteiger partial charge in [-0.05, 0) is 17.7 Å². The second kappa shape index (κ2) is 5.73. The molecule has 18 heavy (non-hydrogen) atoms. The molecule has 0 fully saturated rings. The summed E-state index contributed by atoms with van der Waals surface area (Å²) < 4.78 is 18.1. The van der Waals surface area contributed by atoms with E-state index in [1.807, 2.05) is 19.9 Å². The van der Waals surface area contributed by atoms with Crippen molar-refractivity contribution in [3.8, 4) is 0 Å². The third-order valence-electron chi connectivity index (χ3n) is 2.42. The normalized spacial score (nSPS) is 11.1. The van der Waals surface area contributed by atoms with Crippen molar-refractivity contribution in [1.29, 1.82) is 0 Å². The van der Waals surface area contributed by atoms with Gasteiger partial charge in [0.15, 0.2) is 5.82 Å². The molecule has 0 spiro atoms. The van der Waals surface area contributed by atoms with E-state index in [4.69, 9.17) is 4.52 Å². The van der Waals surface area contributed by atoms with E-state index in [1.165, 1.54) is 12.1 Å². The minimum atomic E-state index is -0.256. The van der Waals surface area contributed by atoms with Crippen LogP contribution < -0.4 is 5.32 Å². The predicted molar refractivity (Wildman–Crippen MR) is 65.5 cm³/mol. The molecular weight excluding hydrogens is 233 g/mol. The number of nitrogens with one attached hydrogen (secondary N) is 1. The summed E-state index contributed by atoms with van der Waals surface area (Å²) >= 11 is 0. The second-order valence-electron chi connectivity index (χ2n) is 4.45. The van der Waals surface area contributed by atoms with Crippen LogP contribution in [0.4, 0.5) is 4.39 Å². The summed E-state index contributed by atoms with van der Waals surface area (Å²) in [6, 6.07) is 6.75. The third kappa shape index (κ3) is 3.63. The Hall–Kier alpha value is -1.75. The Labute approximate surface area is 105 Å². The summed E-state index contributed by atoms with van der Waals surface area (Å²) in [5, 5.41) is 7.07. The second-order valence-corrected chi connectivity index (χ2v) is 4.45. The molecule has 1 heterocycles. The Morgan fingerprint density at radius 3 is 2.94 bits per heavy atom. The fourth-order valence-electron chi connectivity index (χ4n) is 1.55. The van der Waals surface area contributed by atoms with Gasteiger partial charge < -0.3 is 9.84 Å². The lowest BCUT2D eigenvalue weighted by atomic mass is 10.1. The summed E-state index contributed by atoms with van der Waals surface area (Å²) in [5.74, 6) is 0.866. The van der Waals surface area contributed by atoms with Crippen LogP contribution in [0, 0.1) is 5.82 Å². The van der Waals surface area contributed by atoms with Gasteiger partial charge in [-0.25, -0.2) is 4.39 Å². The van der Waals surface area contributed by atoms with E-state index in [9.17, 15) is 4.39 Å². The Kier molecular flexibility index (Phi) is 4.04. The van der Waals surface area contributed by atoms with Crippen molar-refractivity contribution >= 4 is 0 Å². The molecule has 0 radical (unpaired) electrons. The van der Waals surface area contributed by atoms with Crippen LogP contribution in [0.1, 0.15) is 31.1 Å². The zero-order chi connectivity index (χ0) is 13.0. The Morgan fingerprint density at radius 2 is 2.22 bits per heavy atom. The van der Waals surface area contributed by atoms with Crippen LogP contribution in [-0.4, -0.2) is 16.2 Å². The maximum atomic E-state index is 13.0. The zero-order valence-corrected chi connectivity index (χ0v) is 10.5. The highest BCUT2D eigenvalue weighted by molar-refractivity contribution is 5.19. The highest BCUT2D eigenvalue weighted by Gasteiger charge is 2.07. The number of rotatable bonds is 5. The number of hydrogen-bond acceptors (Lipinski definition) is 4. The van der Waals surface area contributed by atoms with Crippen molar-refractivity contribution in [3.05, 3.63) is 47.4 Å². The maximum absolute atomic E-state index is 13.0. The van der Waals surface area contributed by atoms with Gasteiger partial charge in [0.05, 0.1) is 13.0 Å². The van der Waals surface area contributed by atoms with Gasteiger partial charge in [0, 0.05) is 6.04 Å². The topological polar surface area (TPSA) is 51.0 Å². The van der Waals surface area contributed by atoms with Crippen molar-refractivity contribution in [1.82, 2.24) is 15.5 Å². The molecule has 0 aliphatic heterocycles. The lowest BCUT2D eigenvalue weighted by Gasteiger charge is -2.03. The van der Waals surface area contributed by atoms with E-state index < -0.39 is 0 Å². The third-order valence-corrected chi connectivity index (χ3v) is 2.42. The summed E-state index contributed by atoms with van der Waals surface area (Å²) in [5.41, 5.74) is 0.821. The highest BCUT2D eigenvalue weighted by Crippen LogP contribution is 2.09. The highest BCUT2D eigenvalue weighted by atomic mass is 19.1. The van der Waals surface area contributed by atoms with Gasteiger partial charge in [0.2, 0.25) is 5.89 Å². The molecule has 0 unspecified atom stereocenters. The molecule has 4 nitrogen and oxygen atoms in total. The standard InChI is InChI=1S/C13H16FN3O/c1-9(2)15-8-12-16-13(18-17-12)7-10-4-3-5-11(14)6-10/h3-6,9,15H,7-8H2,1-2H3. The van der Waals surface area contributed by atoms with E-state index >= 15 is 0 Å². The number of halogens is 1. The quantitative estimate of drug-likeness (QED) is 0.883. The molecule has 2 rings (SSSR count). The smallest absolute Gasteiger partial charge is 0.231 e. The van der Waals surface area contributed by atoms with E-state index in [-0.39, 0.29) is 5.82 Å².